The first-order valence-corrected chi connectivity index (χ1v) is 10.7. The Labute approximate surface area is 183 Å². The van der Waals surface area contributed by atoms with Gasteiger partial charge in [-0.3, -0.25) is 5.32 Å². The zero-order valence-electron chi connectivity index (χ0n) is 18.0. The number of allylic oxidation sites excluding steroid dienone is 1. The molecule has 0 bridgehead atoms. The summed E-state index contributed by atoms with van der Waals surface area (Å²) in [5.74, 6) is 0.848. The summed E-state index contributed by atoms with van der Waals surface area (Å²) in [6.07, 6.45) is 6.67. The van der Waals surface area contributed by atoms with Crippen LogP contribution >= 0.6 is 11.6 Å². The number of aromatic nitrogens is 2. The van der Waals surface area contributed by atoms with Crippen molar-refractivity contribution in [3.8, 4) is 0 Å². The number of anilines is 2. The Morgan fingerprint density at radius 1 is 1.17 bits per heavy atom. The van der Waals surface area contributed by atoms with Gasteiger partial charge in [-0.25, -0.2) is 9.97 Å². The molecular formula is C23H29ClN6. The molecule has 1 aromatic carbocycles. The van der Waals surface area contributed by atoms with Gasteiger partial charge in [0.05, 0.1) is 6.67 Å². The molecule has 0 spiro atoms. The second-order valence-corrected chi connectivity index (χ2v) is 9.13. The van der Waals surface area contributed by atoms with Gasteiger partial charge in [0, 0.05) is 29.7 Å². The van der Waals surface area contributed by atoms with Gasteiger partial charge in [0.25, 0.3) is 0 Å². The molecule has 158 valence electrons. The minimum atomic E-state index is 0.0708. The predicted molar refractivity (Wildman–Crippen MR) is 124 cm³/mol. The molecule has 4 rings (SSSR count). The van der Waals surface area contributed by atoms with E-state index >= 15 is 0 Å². The molecule has 0 radical (unpaired) electrons. The number of nitrogens with one attached hydrogen (secondary N) is 3. The van der Waals surface area contributed by atoms with E-state index in [0.29, 0.717) is 11.8 Å². The number of hydrogen-bond acceptors (Lipinski definition) is 6. The molecule has 0 amide bonds. The van der Waals surface area contributed by atoms with Crippen LogP contribution in [0.3, 0.4) is 0 Å². The van der Waals surface area contributed by atoms with Crippen LogP contribution in [0.5, 0.6) is 0 Å². The first-order chi connectivity index (χ1) is 14.3. The average molecular weight is 425 g/mol. The predicted octanol–water partition coefficient (Wildman–Crippen LogP) is 4.30. The highest BCUT2D eigenvalue weighted by Crippen LogP contribution is 2.28. The van der Waals surface area contributed by atoms with Crippen LogP contribution in [0.15, 0.2) is 54.1 Å². The molecular weight excluding hydrogens is 396 g/mol. The second-order valence-electron chi connectivity index (χ2n) is 8.77. The quantitative estimate of drug-likeness (QED) is 0.638. The van der Waals surface area contributed by atoms with E-state index in [1.165, 1.54) is 17.5 Å². The van der Waals surface area contributed by atoms with E-state index in [0.717, 1.165) is 35.7 Å². The average Bonchev–Trinajstić information content (AvgIpc) is 2.93. The molecule has 0 saturated heterocycles. The lowest BCUT2D eigenvalue weighted by Gasteiger charge is -2.31. The topological polar surface area (TPSA) is 65.1 Å². The first-order valence-electron chi connectivity index (χ1n) is 10.3. The van der Waals surface area contributed by atoms with E-state index in [4.69, 9.17) is 11.6 Å². The Hall–Kier alpha value is -2.57. The maximum absolute atomic E-state index is 6.20. The summed E-state index contributed by atoms with van der Waals surface area (Å²) in [7, 11) is 0. The molecule has 0 saturated carbocycles. The number of nitrogens with zero attached hydrogens (tertiary/aromatic N) is 3. The lowest BCUT2D eigenvalue weighted by atomic mass is 9.87. The molecule has 2 aliphatic heterocycles. The van der Waals surface area contributed by atoms with Crippen molar-refractivity contribution in [2.75, 3.05) is 23.4 Å². The summed E-state index contributed by atoms with van der Waals surface area (Å²) in [4.78, 5) is 10.7. The number of hydrogen-bond donors (Lipinski definition) is 3. The van der Waals surface area contributed by atoms with Crippen molar-refractivity contribution in [3.63, 3.8) is 0 Å². The van der Waals surface area contributed by atoms with Gasteiger partial charge < -0.3 is 15.5 Å². The Morgan fingerprint density at radius 2 is 1.93 bits per heavy atom. The maximum atomic E-state index is 6.20. The lowest BCUT2D eigenvalue weighted by molar-refractivity contribution is 0.530. The van der Waals surface area contributed by atoms with E-state index < -0.39 is 0 Å². The Balaban J connectivity index is 1.51. The highest BCUT2D eigenvalue weighted by Gasteiger charge is 2.25. The highest BCUT2D eigenvalue weighted by molar-refractivity contribution is 6.30. The molecule has 7 heteroatoms. The zero-order valence-corrected chi connectivity index (χ0v) is 18.7. The molecule has 0 fully saturated rings. The van der Waals surface area contributed by atoms with E-state index in [2.05, 4.69) is 88.1 Å². The zero-order chi connectivity index (χ0) is 21.3. The largest absolute Gasteiger partial charge is 0.372 e. The van der Waals surface area contributed by atoms with Crippen molar-refractivity contribution in [2.24, 2.45) is 0 Å². The van der Waals surface area contributed by atoms with Gasteiger partial charge in [0.2, 0.25) is 0 Å². The minimum absolute atomic E-state index is 0.0708. The molecule has 3 heterocycles. The minimum Gasteiger partial charge on any atom is -0.372 e. The van der Waals surface area contributed by atoms with Crippen LogP contribution in [0, 0.1) is 6.92 Å². The third-order valence-electron chi connectivity index (χ3n) is 5.65. The van der Waals surface area contributed by atoms with Gasteiger partial charge in [0.15, 0.2) is 0 Å². The maximum Gasteiger partial charge on any atom is 0.140 e. The van der Waals surface area contributed by atoms with Gasteiger partial charge in [-0.2, -0.15) is 0 Å². The molecule has 1 unspecified atom stereocenters. The van der Waals surface area contributed by atoms with Crippen molar-refractivity contribution in [1.82, 2.24) is 20.6 Å². The van der Waals surface area contributed by atoms with Gasteiger partial charge in [-0.15, -0.1) is 0 Å². The monoisotopic (exact) mass is 424 g/mol. The van der Waals surface area contributed by atoms with Crippen LogP contribution in [0.25, 0.3) is 0 Å². The Kier molecular flexibility index (Phi) is 5.71. The molecule has 3 N–H and O–H groups in total. The fourth-order valence-corrected chi connectivity index (χ4v) is 3.95. The smallest absolute Gasteiger partial charge is 0.140 e. The van der Waals surface area contributed by atoms with Crippen molar-refractivity contribution in [1.29, 1.82) is 0 Å². The molecule has 2 aromatic rings. The van der Waals surface area contributed by atoms with E-state index in [-0.39, 0.29) is 11.6 Å². The SMILES string of the molecule is Cc1c(Cl)ncnc1N1C=CC2=C(CC1)C(Nc1ccc(C(C)(C)C)cc1)NCN2. The Morgan fingerprint density at radius 3 is 2.67 bits per heavy atom. The molecule has 6 nitrogen and oxygen atoms in total. The number of benzene rings is 1. The van der Waals surface area contributed by atoms with Crippen LogP contribution in [0.4, 0.5) is 11.5 Å². The second kappa shape index (κ2) is 8.28. The Bertz CT molecular complexity index is 974. The van der Waals surface area contributed by atoms with E-state index in [1.54, 1.807) is 0 Å². The summed E-state index contributed by atoms with van der Waals surface area (Å²) in [6.45, 7) is 10.2. The van der Waals surface area contributed by atoms with E-state index in [9.17, 15) is 0 Å². The van der Waals surface area contributed by atoms with Gasteiger partial charge in [-0.05, 0) is 48.1 Å². The fraction of sp³-hybridized carbons (Fsp3) is 0.391. The van der Waals surface area contributed by atoms with E-state index in [1.807, 2.05) is 6.92 Å². The van der Waals surface area contributed by atoms with Gasteiger partial charge >= 0.3 is 0 Å². The fourth-order valence-electron chi connectivity index (χ4n) is 3.82. The standard InChI is InChI=1S/C23H29ClN6/c1-15-20(24)26-14-28-22(15)30-11-9-18-19(10-12-30)25-13-27-21(18)29-17-7-5-16(6-8-17)23(2,3)4/h5-8,10,12,14,21,25,27,29H,9,11,13H2,1-4H3. The summed E-state index contributed by atoms with van der Waals surface area (Å²) >= 11 is 6.20. The molecule has 1 atom stereocenters. The van der Waals surface area contributed by atoms with Crippen LogP contribution < -0.4 is 20.9 Å². The molecule has 2 aliphatic rings. The summed E-state index contributed by atoms with van der Waals surface area (Å²) < 4.78 is 0. The first kappa shape index (κ1) is 20.7. The third kappa shape index (κ3) is 4.30. The third-order valence-corrected chi connectivity index (χ3v) is 6.03. The van der Waals surface area contributed by atoms with Crippen molar-refractivity contribution in [3.05, 3.63) is 70.4 Å². The normalized spacial score (nSPS) is 19.2. The van der Waals surface area contributed by atoms with Crippen molar-refractivity contribution < 1.29 is 0 Å². The summed E-state index contributed by atoms with van der Waals surface area (Å²) in [5, 5.41) is 11.1. The summed E-state index contributed by atoms with van der Waals surface area (Å²) in [5.41, 5.74) is 5.94. The van der Waals surface area contributed by atoms with Crippen molar-refractivity contribution in [2.45, 2.75) is 45.7 Å². The molecule has 0 aliphatic carbocycles. The van der Waals surface area contributed by atoms with Crippen LogP contribution in [0.2, 0.25) is 5.15 Å². The number of halogens is 1. The van der Waals surface area contributed by atoms with Crippen LogP contribution in [0.1, 0.15) is 38.3 Å². The van der Waals surface area contributed by atoms with Crippen LogP contribution in [-0.4, -0.2) is 29.3 Å². The molecule has 1 aromatic heterocycles. The molecule has 30 heavy (non-hydrogen) atoms. The highest BCUT2D eigenvalue weighted by atomic mass is 35.5. The summed E-state index contributed by atoms with van der Waals surface area (Å²) in [6, 6.07) is 8.73. The lowest BCUT2D eigenvalue weighted by Crippen LogP contribution is -2.48. The van der Waals surface area contributed by atoms with Crippen LogP contribution in [-0.2, 0) is 5.41 Å². The van der Waals surface area contributed by atoms with Gasteiger partial charge in [0.1, 0.15) is 23.5 Å². The van der Waals surface area contributed by atoms with Gasteiger partial charge in [-0.1, -0.05) is 44.5 Å². The van der Waals surface area contributed by atoms with Crippen molar-refractivity contribution >= 4 is 23.1 Å². The number of rotatable bonds is 3.